The van der Waals surface area contributed by atoms with Crippen molar-refractivity contribution in [1.82, 2.24) is 10.2 Å². The van der Waals surface area contributed by atoms with E-state index in [0.717, 1.165) is 32.5 Å². The molecule has 0 unspecified atom stereocenters. The van der Waals surface area contributed by atoms with Crippen LogP contribution in [0.1, 0.15) is 12.8 Å². The number of amides is 2. The Morgan fingerprint density at radius 1 is 1.46 bits per heavy atom. The molecule has 0 aromatic rings. The van der Waals surface area contributed by atoms with Gasteiger partial charge in [-0.3, -0.25) is 0 Å². The number of halogens is 2. The molecule has 0 saturated carbocycles. The standard InChI is InChI=1S/C7H15N3O.2ClH/c8-3-1-5-10-6-2-4-9-7(10)11;;/h1-6,8H2,(H,9,11);2*1H. The number of nitrogens with one attached hydrogen (secondary N) is 1. The fourth-order valence-corrected chi connectivity index (χ4v) is 1.17. The Hall–Kier alpha value is -0.190. The molecule has 0 aromatic carbocycles. The second kappa shape index (κ2) is 8.41. The quantitative estimate of drug-likeness (QED) is 0.745. The Balaban J connectivity index is 0. The van der Waals surface area contributed by atoms with E-state index in [1.54, 1.807) is 0 Å². The van der Waals surface area contributed by atoms with Gasteiger partial charge in [0, 0.05) is 19.6 Å². The summed E-state index contributed by atoms with van der Waals surface area (Å²) in [6.45, 7) is 3.15. The van der Waals surface area contributed by atoms with Crippen molar-refractivity contribution in [3.8, 4) is 0 Å². The summed E-state index contributed by atoms with van der Waals surface area (Å²) in [5.41, 5.74) is 5.33. The van der Waals surface area contributed by atoms with E-state index >= 15 is 0 Å². The normalized spacial score (nSPS) is 15.5. The summed E-state index contributed by atoms with van der Waals surface area (Å²) in [7, 11) is 0. The average Bonchev–Trinajstić information content (AvgIpc) is 2.03. The molecule has 0 aromatic heterocycles. The number of hydrogen-bond donors (Lipinski definition) is 2. The maximum Gasteiger partial charge on any atom is 0.317 e. The van der Waals surface area contributed by atoms with Crippen molar-refractivity contribution in [2.45, 2.75) is 12.8 Å². The van der Waals surface area contributed by atoms with Gasteiger partial charge < -0.3 is 16.0 Å². The predicted molar refractivity (Wildman–Crippen MR) is 57.8 cm³/mol. The third-order valence-corrected chi connectivity index (χ3v) is 1.80. The summed E-state index contributed by atoms with van der Waals surface area (Å²) in [6.07, 6.45) is 1.95. The van der Waals surface area contributed by atoms with Crippen LogP contribution in [0.3, 0.4) is 0 Å². The van der Waals surface area contributed by atoms with E-state index in [2.05, 4.69) is 5.32 Å². The topological polar surface area (TPSA) is 58.4 Å². The molecule has 80 valence electrons. The number of rotatable bonds is 3. The van der Waals surface area contributed by atoms with E-state index < -0.39 is 0 Å². The van der Waals surface area contributed by atoms with Crippen molar-refractivity contribution in [2.75, 3.05) is 26.2 Å². The molecular formula is C7H17Cl2N3O. The van der Waals surface area contributed by atoms with Gasteiger partial charge in [-0.1, -0.05) is 0 Å². The Labute approximate surface area is 91.0 Å². The van der Waals surface area contributed by atoms with E-state index in [-0.39, 0.29) is 30.8 Å². The van der Waals surface area contributed by atoms with Crippen molar-refractivity contribution in [3.05, 3.63) is 0 Å². The smallest absolute Gasteiger partial charge is 0.317 e. The molecule has 6 heteroatoms. The Kier molecular flexibility index (Phi) is 9.89. The summed E-state index contributed by atoms with van der Waals surface area (Å²) in [6, 6.07) is 0.0599. The molecule has 0 spiro atoms. The van der Waals surface area contributed by atoms with Crippen molar-refractivity contribution in [3.63, 3.8) is 0 Å². The number of nitrogens with zero attached hydrogens (tertiary/aromatic N) is 1. The first kappa shape index (κ1) is 15.3. The second-order valence-electron chi connectivity index (χ2n) is 2.71. The first-order valence-electron chi connectivity index (χ1n) is 4.07. The fourth-order valence-electron chi connectivity index (χ4n) is 1.17. The molecule has 1 aliphatic rings. The van der Waals surface area contributed by atoms with Crippen molar-refractivity contribution >= 4 is 30.8 Å². The van der Waals surface area contributed by atoms with Gasteiger partial charge in [0.05, 0.1) is 0 Å². The summed E-state index contributed by atoms with van der Waals surface area (Å²) in [5, 5.41) is 2.79. The molecule has 4 nitrogen and oxygen atoms in total. The average molecular weight is 230 g/mol. The highest BCUT2D eigenvalue weighted by Gasteiger charge is 2.15. The van der Waals surface area contributed by atoms with Crippen LogP contribution in [0, 0.1) is 0 Å². The highest BCUT2D eigenvalue weighted by molar-refractivity contribution is 5.85. The number of hydrogen-bond acceptors (Lipinski definition) is 2. The molecule has 0 bridgehead atoms. The van der Waals surface area contributed by atoms with Gasteiger partial charge in [-0.25, -0.2) is 4.79 Å². The SMILES string of the molecule is Cl.Cl.NCCCN1CCCNC1=O. The first-order chi connectivity index (χ1) is 5.34. The van der Waals surface area contributed by atoms with E-state index in [1.165, 1.54) is 0 Å². The zero-order chi connectivity index (χ0) is 8.10. The Morgan fingerprint density at radius 2 is 2.15 bits per heavy atom. The number of carbonyl (C=O) groups excluding carboxylic acids is 1. The third kappa shape index (κ3) is 5.18. The predicted octanol–water partition coefficient (Wildman–Crippen LogP) is 0.594. The fraction of sp³-hybridized carbons (Fsp3) is 0.857. The first-order valence-corrected chi connectivity index (χ1v) is 4.07. The lowest BCUT2D eigenvalue weighted by Crippen LogP contribution is -2.46. The minimum Gasteiger partial charge on any atom is -0.338 e. The van der Waals surface area contributed by atoms with Crippen molar-refractivity contribution in [2.24, 2.45) is 5.73 Å². The molecule has 1 rings (SSSR count). The van der Waals surface area contributed by atoms with Gasteiger partial charge in [-0.2, -0.15) is 0 Å². The van der Waals surface area contributed by atoms with Gasteiger partial charge in [0.15, 0.2) is 0 Å². The maximum absolute atomic E-state index is 11.1. The lowest BCUT2D eigenvalue weighted by atomic mass is 10.3. The van der Waals surface area contributed by atoms with E-state index in [1.807, 2.05) is 4.90 Å². The highest BCUT2D eigenvalue weighted by atomic mass is 35.5. The van der Waals surface area contributed by atoms with Crippen LogP contribution in [-0.2, 0) is 0 Å². The third-order valence-electron chi connectivity index (χ3n) is 1.80. The van der Waals surface area contributed by atoms with Crippen LogP contribution in [0.4, 0.5) is 4.79 Å². The minimum absolute atomic E-state index is 0. The van der Waals surface area contributed by atoms with E-state index in [9.17, 15) is 4.79 Å². The van der Waals surface area contributed by atoms with Crippen LogP contribution in [0.25, 0.3) is 0 Å². The van der Waals surface area contributed by atoms with Crippen molar-refractivity contribution < 1.29 is 4.79 Å². The van der Waals surface area contributed by atoms with Crippen LogP contribution < -0.4 is 11.1 Å². The van der Waals surface area contributed by atoms with Crippen LogP contribution in [0.15, 0.2) is 0 Å². The highest BCUT2D eigenvalue weighted by Crippen LogP contribution is 1.98. The molecule has 3 N–H and O–H groups in total. The van der Waals surface area contributed by atoms with Crippen molar-refractivity contribution in [1.29, 1.82) is 0 Å². The van der Waals surface area contributed by atoms with Gasteiger partial charge in [0.2, 0.25) is 0 Å². The Morgan fingerprint density at radius 3 is 2.69 bits per heavy atom. The molecule has 1 fully saturated rings. The summed E-state index contributed by atoms with van der Waals surface area (Å²) in [4.78, 5) is 12.9. The van der Waals surface area contributed by atoms with E-state index in [0.29, 0.717) is 6.54 Å². The van der Waals surface area contributed by atoms with Crippen LogP contribution in [-0.4, -0.2) is 37.1 Å². The van der Waals surface area contributed by atoms with Crippen LogP contribution >= 0.6 is 24.8 Å². The zero-order valence-electron chi connectivity index (χ0n) is 7.49. The number of nitrogens with two attached hydrogens (primary N) is 1. The largest absolute Gasteiger partial charge is 0.338 e. The maximum atomic E-state index is 11.1. The number of carbonyl (C=O) groups is 1. The van der Waals surface area contributed by atoms with Crippen LogP contribution in [0.2, 0.25) is 0 Å². The molecular weight excluding hydrogens is 213 g/mol. The molecule has 0 aliphatic carbocycles. The van der Waals surface area contributed by atoms with Gasteiger partial charge in [-0.05, 0) is 19.4 Å². The van der Waals surface area contributed by atoms with Gasteiger partial charge in [0.25, 0.3) is 0 Å². The second-order valence-corrected chi connectivity index (χ2v) is 2.71. The van der Waals surface area contributed by atoms with E-state index in [4.69, 9.17) is 5.73 Å². The molecule has 0 atom stereocenters. The van der Waals surface area contributed by atoms with Crippen LogP contribution in [0.5, 0.6) is 0 Å². The Bertz CT molecular complexity index is 146. The summed E-state index contributed by atoms with van der Waals surface area (Å²) in [5.74, 6) is 0. The monoisotopic (exact) mass is 229 g/mol. The molecule has 2 amide bonds. The zero-order valence-corrected chi connectivity index (χ0v) is 9.12. The molecule has 1 heterocycles. The molecule has 13 heavy (non-hydrogen) atoms. The lowest BCUT2D eigenvalue weighted by molar-refractivity contribution is 0.186. The molecule has 0 radical (unpaired) electrons. The molecule has 1 aliphatic heterocycles. The van der Waals surface area contributed by atoms with Gasteiger partial charge in [-0.15, -0.1) is 24.8 Å². The molecule has 1 saturated heterocycles. The lowest BCUT2D eigenvalue weighted by Gasteiger charge is -2.27. The minimum atomic E-state index is 0. The summed E-state index contributed by atoms with van der Waals surface area (Å²) < 4.78 is 0. The summed E-state index contributed by atoms with van der Waals surface area (Å²) >= 11 is 0. The van der Waals surface area contributed by atoms with Gasteiger partial charge >= 0.3 is 6.03 Å². The number of urea groups is 1. The van der Waals surface area contributed by atoms with Gasteiger partial charge in [0.1, 0.15) is 0 Å².